The van der Waals surface area contributed by atoms with Crippen molar-refractivity contribution >= 4 is 23.9 Å². The Labute approximate surface area is 145 Å². The van der Waals surface area contributed by atoms with Crippen molar-refractivity contribution in [2.45, 2.75) is 39.3 Å². The van der Waals surface area contributed by atoms with Gasteiger partial charge in [0.15, 0.2) is 0 Å². The summed E-state index contributed by atoms with van der Waals surface area (Å²) in [6.07, 6.45) is -0.783. The van der Waals surface area contributed by atoms with Gasteiger partial charge in [0.25, 0.3) is 11.8 Å². The second-order valence-electron chi connectivity index (χ2n) is 5.92. The molecule has 0 unspecified atom stereocenters. The maximum atomic E-state index is 12.2. The lowest BCUT2D eigenvalue weighted by molar-refractivity contribution is -0.199. The van der Waals surface area contributed by atoms with E-state index in [1.807, 2.05) is 18.2 Å². The fraction of sp³-hybridized carbons (Fsp3) is 0.412. The Balaban J connectivity index is 1.90. The summed E-state index contributed by atoms with van der Waals surface area (Å²) in [5.74, 6) is -2.38. The summed E-state index contributed by atoms with van der Waals surface area (Å²) in [6.45, 7) is 3.43. The number of nitrogens with zero attached hydrogens (tertiary/aromatic N) is 1. The van der Waals surface area contributed by atoms with Crippen LogP contribution in [0.15, 0.2) is 30.3 Å². The first-order valence-corrected chi connectivity index (χ1v) is 7.93. The van der Waals surface area contributed by atoms with Gasteiger partial charge in [0.2, 0.25) is 0 Å². The van der Waals surface area contributed by atoms with Crippen molar-refractivity contribution in [3.63, 3.8) is 0 Å². The first kappa shape index (κ1) is 18.4. The normalized spacial score (nSPS) is 15.2. The highest BCUT2D eigenvalue weighted by Gasteiger charge is 2.36. The van der Waals surface area contributed by atoms with Gasteiger partial charge in [-0.25, -0.2) is 9.59 Å². The average molecular weight is 348 g/mol. The molecule has 1 aromatic carbocycles. The predicted molar refractivity (Wildman–Crippen MR) is 85.6 cm³/mol. The third-order valence-electron chi connectivity index (χ3n) is 3.59. The molecule has 8 nitrogen and oxygen atoms in total. The van der Waals surface area contributed by atoms with Crippen molar-refractivity contribution in [1.82, 2.24) is 10.4 Å². The SMILES string of the molecule is CC(C)[C@@H](NC(=O)OCc1ccccc1)C(=O)ON1C(=O)CCC1=O. The van der Waals surface area contributed by atoms with E-state index >= 15 is 0 Å². The van der Waals surface area contributed by atoms with Gasteiger partial charge in [-0.2, -0.15) is 0 Å². The first-order chi connectivity index (χ1) is 11.9. The van der Waals surface area contributed by atoms with Gasteiger partial charge in [0.05, 0.1) is 0 Å². The van der Waals surface area contributed by atoms with Crippen LogP contribution in [0.4, 0.5) is 4.79 Å². The summed E-state index contributed by atoms with van der Waals surface area (Å²) >= 11 is 0. The molecule has 8 heteroatoms. The Morgan fingerprint density at radius 1 is 1.12 bits per heavy atom. The molecule has 1 aliphatic rings. The number of ether oxygens (including phenoxy) is 1. The Morgan fingerprint density at radius 3 is 2.28 bits per heavy atom. The minimum atomic E-state index is -1.05. The molecule has 1 N–H and O–H groups in total. The second kappa shape index (κ2) is 8.27. The summed E-state index contributed by atoms with van der Waals surface area (Å²) in [5.41, 5.74) is 0.801. The van der Waals surface area contributed by atoms with Gasteiger partial charge >= 0.3 is 12.1 Å². The number of alkyl carbamates (subject to hydrolysis) is 1. The zero-order valence-corrected chi connectivity index (χ0v) is 14.1. The topological polar surface area (TPSA) is 102 Å². The van der Waals surface area contributed by atoms with E-state index in [1.54, 1.807) is 26.0 Å². The number of benzene rings is 1. The van der Waals surface area contributed by atoms with Crippen LogP contribution < -0.4 is 5.32 Å². The fourth-order valence-electron chi connectivity index (χ4n) is 2.19. The third-order valence-corrected chi connectivity index (χ3v) is 3.59. The highest BCUT2D eigenvalue weighted by molar-refractivity contribution is 6.01. The van der Waals surface area contributed by atoms with Gasteiger partial charge in [0, 0.05) is 12.8 Å². The zero-order chi connectivity index (χ0) is 18.4. The van der Waals surface area contributed by atoms with Crippen LogP contribution in [-0.4, -0.2) is 35.0 Å². The molecule has 25 heavy (non-hydrogen) atoms. The molecule has 0 radical (unpaired) electrons. The Bertz CT molecular complexity index is 642. The molecule has 1 heterocycles. The molecule has 1 fully saturated rings. The highest BCUT2D eigenvalue weighted by atomic mass is 16.7. The van der Waals surface area contributed by atoms with E-state index < -0.39 is 29.9 Å². The molecule has 0 aromatic heterocycles. The quantitative estimate of drug-likeness (QED) is 0.783. The van der Waals surface area contributed by atoms with Gasteiger partial charge in [0.1, 0.15) is 12.6 Å². The van der Waals surface area contributed by atoms with Gasteiger partial charge in [-0.3, -0.25) is 9.59 Å². The van der Waals surface area contributed by atoms with Crippen molar-refractivity contribution in [3.05, 3.63) is 35.9 Å². The minimum absolute atomic E-state index is 0.00496. The van der Waals surface area contributed by atoms with Crippen LogP contribution in [0, 0.1) is 5.92 Å². The highest BCUT2D eigenvalue weighted by Crippen LogP contribution is 2.14. The fourth-order valence-corrected chi connectivity index (χ4v) is 2.19. The van der Waals surface area contributed by atoms with Crippen LogP contribution in [0.3, 0.4) is 0 Å². The lowest BCUT2D eigenvalue weighted by Gasteiger charge is -2.22. The van der Waals surface area contributed by atoms with E-state index in [1.165, 1.54) is 0 Å². The molecular formula is C17H20N2O6. The molecular weight excluding hydrogens is 328 g/mol. The van der Waals surface area contributed by atoms with E-state index in [9.17, 15) is 19.2 Å². The maximum Gasteiger partial charge on any atom is 0.408 e. The Kier molecular flexibility index (Phi) is 6.10. The third kappa shape index (κ3) is 5.03. The molecule has 0 saturated carbocycles. The smallest absolute Gasteiger partial charge is 0.408 e. The lowest BCUT2D eigenvalue weighted by atomic mass is 10.1. The predicted octanol–water partition coefficient (Wildman–Crippen LogP) is 1.54. The number of rotatable bonds is 6. The van der Waals surface area contributed by atoms with Crippen LogP contribution in [0.1, 0.15) is 32.3 Å². The van der Waals surface area contributed by atoms with E-state index in [0.29, 0.717) is 5.06 Å². The van der Waals surface area contributed by atoms with Crippen molar-refractivity contribution in [3.8, 4) is 0 Å². The summed E-state index contributed by atoms with van der Waals surface area (Å²) in [7, 11) is 0. The largest absolute Gasteiger partial charge is 0.445 e. The van der Waals surface area contributed by atoms with Gasteiger partial charge in [-0.05, 0) is 11.5 Å². The summed E-state index contributed by atoms with van der Waals surface area (Å²) < 4.78 is 5.07. The van der Waals surface area contributed by atoms with Crippen molar-refractivity contribution < 1.29 is 28.8 Å². The number of imide groups is 1. The van der Waals surface area contributed by atoms with Crippen LogP contribution in [0.5, 0.6) is 0 Å². The molecule has 134 valence electrons. The van der Waals surface area contributed by atoms with Gasteiger partial charge in [-0.1, -0.05) is 44.2 Å². The number of nitrogens with one attached hydrogen (secondary N) is 1. The molecule has 3 amide bonds. The van der Waals surface area contributed by atoms with Gasteiger partial charge in [-0.15, -0.1) is 5.06 Å². The van der Waals surface area contributed by atoms with E-state index in [4.69, 9.17) is 9.57 Å². The van der Waals surface area contributed by atoms with Crippen LogP contribution in [0.2, 0.25) is 0 Å². The van der Waals surface area contributed by atoms with Crippen LogP contribution in [-0.2, 0) is 30.6 Å². The summed E-state index contributed by atoms with van der Waals surface area (Å²) in [5, 5.41) is 2.86. The minimum Gasteiger partial charge on any atom is -0.445 e. The molecule has 2 rings (SSSR count). The summed E-state index contributed by atoms with van der Waals surface area (Å²) in [6, 6.07) is 8.02. The Hall–Kier alpha value is -2.90. The molecule has 1 aromatic rings. The lowest BCUT2D eigenvalue weighted by Crippen LogP contribution is -2.48. The first-order valence-electron chi connectivity index (χ1n) is 7.93. The number of hydroxylamine groups is 2. The monoisotopic (exact) mass is 348 g/mol. The standard InChI is InChI=1S/C17H20N2O6/c1-11(2)15(16(22)25-19-13(20)8-9-14(19)21)18-17(23)24-10-12-6-4-3-5-7-12/h3-7,11,15H,8-10H2,1-2H3,(H,18,23)/t15-/m1/s1. The van der Waals surface area contributed by atoms with E-state index in [-0.39, 0.29) is 25.4 Å². The van der Waals surface area contributed by atoms with Crippen molar-refractivity contribution in [2.24, 2.45) is 5.92 Å². The molecule has 1 aliphatic heterocycles. The van der Waals surface area contributed by atoms with Crippen molar-refractivity contribution in [2.75, 3.05) is 0 Å². The van der Waals surface area contributed by atoms with Crippen LogP contribution >= 0.6 is 0 Å². The van der Waals surface area contributed by atoms with Crippen molar-refractivity contribution in [1.29, 1.82) is 0 Å². The van der Waals surface area contributed by atoms with E-state index in [0.717, 1.165) is 5.56 Å². The molecule has 1 saturated heterocycles. The van der Waals surface area contributed by atoms with Crippen LogP contribution in [0.25, 0.3) is 0 Å². The maximum absolute atomic E-state index is 12.2. The van der Waals surface area contributed by atoms with Gasteiger partial charge < -0.3 is 14.9 Å². The molecule has 0 aliphatic carbocycles. The second-order valence-corrected chi connectivity index (χ2v) is 5.92. The average Bonchev–Trinajstić information content (AvgIpc) is 2.90. The molecule has 1 atom stereocenters. The number of carbonyl (C=O) groups excluding carboxylic acids is 4. The number of carbonyl (C=O) groups is 4. The number of hydrogen-bond donors (Lipinski definition) is 1. The summed E-state index contributed by atoms with van der Waals surface area (Å²) in [4.78, 5) is 52.0. The Morgan fingerprint density at radius 2 is 1.72 bits per heavy atom. The zero-order valence-electron chi connectivity index (χ0n) is 14.1. The molecule has 0 bridgehead atoms. The molecule has 0 spiro atoms. The number of hydrogen-bond acceptors (Lipinski definition) is 6. The van der Waals surface area contributed by atoms with E-state index in [2.05, 4.69) is 5.32 Å². The number of amides is 3.